The third-order valence-electron chi connectivity index (χ3n) is 4.70. The minimum absolute atomic E-state index is 0.159. The lowest BCUT2D eigenvalue weighted by molar-refractivity contribution is 0.0724. The summed E-state index contributed by atoms with van der Waals surface area (Å²) in [5.74, 6) is 1.12. The van der Waals surface area contributed by atoms with E-state index in [4.69, 9.17) is 20.5 Å². The molecule has 0 saturated heterocycles. The van der Waals surface area contributed by atoms with Crippen molar-refractivity contribution < 1.29 is 13.7 Å². The Balaban J connectivity index is 1.43. The number of carbonyl (C=O) groups is 1. The summed E-state index contributed by atoms with van der Waals surface area (Å²) in [6.45, 7) is 0.996. The van der Waals surface area contributed by atoms with Crippen LogP contribution in [0.25, 0.3) is 11.4 Å². The summed E-state index contributed by atoms with van der Waals surface area (Å²) >= 11 is 5.93. The van der Waals surface area contributed by atoms with Gasteiger partial charge < -0.3 is 13.8 Å². The topological polar surface area (TPSA) is 72.4 Å². The van der Waals surface area contributed by atoms with Crippen LogP contribution in [0.4, 0.5) is 0 Å². The van der Waals surface area contributed by atoms with Gasteiger partial charge in [-0.1, -0.05) is 47.1 Å². The van der Waals surface area contributed by atoms with Crippen molar-refractivity contribution in [3.05, 3.63) is 95.2 Å². The lowest BCUT2D eigenvalue weighted by atomic mass is 10.1. The van der Waals surface area contributed by atoms with Gasteiger partial charge in [-0.25, -0.2) is 0 Å². The average Bonchev–Trinajstić information content (AvgIpc) is 3.47. The Morgan fingerprint density at radius 2 is 1.70 bits per heavy atom. The molecule has 0 bridgehead atoms. The predicted molar refractivity (Wildman–Crippen MR) is 113 cm³/mol. The summed E-state index contributed by atoms with van der Waals surface area (Å²) in [4.78, 5) is 19.0. The Kier molecular flexibility index (Phi) is 6.25. The fourth-order valence-electron chi connectivity index (χ4n) is 3.08. The highest BCUT2D eigenvalue weighted by Crippen LogP contribution is 2.19. The van der Waals surface area contributed by atoms with Gasteiger partial charge in [0.2, 0.25) is 11.7 Å². The van der Waals surface area contributed by atoms with Crippen molar-refractivity contribution in [2.75, 3.05) is 13.1 Å². The van der Waals surface area contributed by atoms with E-state index in [9.17, 15) is 4.79 Å². The molecule has 0 aliphatic rings. The number of hydrogen-bond donors (Lipinski definition) is 0. The number of furan rings is 1. The van der Waals surface area contributed by atoms with Gasteiger partial charge in [0, 0.05) is 30.1 Å². The summed E-state index contributed by atoms with van der Waals surface area (Å²) < 4.78 is 10.7. The van der Waals surface area contributed by atoms with Gasteiger partial charge in [0.15, 0.2) is 5.76 Å². The minimum Gasteiger partial charge on any atom is -0.459 e. The second kappa shape index (κ2) is 9.41. The second-order valence-corrected chi connectivity index (χ2v) is 7.21. The number of aromatic nitrogens is 2. The smallest absolute Gasteiger partial charge is 0.289 e. The number of carbonyl (C=O) groups excluding carboxylic acids is 1. The fraction of sp³-hybridized carbons (Fsp3) is 0.174. The Bertz CT molecular complexity index is 1080. The molecule has 0 aliphatic carbocycles. The van der Waals surface area contributed by atoms with Gasteiger partial charge in [-0.3, -0.25) is 4.79 Å². The molecule has 4 rings (SSSR count). The quantitative estimate of drug-likeness (QED) is 0.404. The summed E-state index contributed by atoms with van der Waals surface area (Å²) in [6, 6.07) is 20.7. The Hall–Kier alpha value is -3.38. The van der Waals surface area contributed by atoms with Gasteiger partial charge in [-0.2, -0.15) is 4.98 Å². The van der Waals surface area contributed by atoms with Crippen molar-refractivity contribution in [1.29, 1.82) is 0 Å². The fourth-order valence-corrected chi connectivity index (χ4v) is 3.21. The first kappa shape index (κ1) is 19.9. The molecule has 0 saturated carbocycles. The summed E-state index contributed by atoms with van der Waals surface area (Å²) in [6.07, 6.45) is 2.69. The Morgan fingerprint density at radius 3 is 2.43 bits per heavy atom. The lowest BCUT2D eigenvalue weighted by Crippen LogP contribution is -2.34. The maximum Gasteiger partial charge on any atom is 0.289 e. The van der Waals surface area contributed by atoms with E-state index in [0.717, 1.165) is 17.5 Å². The van der Waals surface area contributed by atoms with Crippen molar-refractivity contribution >= 4 is 17.5 Å². The lowest BCUT2D eigenvalue weighted by Gasteiger charge is -2.21. The maximum absolute atomic E-state index is 12.9. The third kappa shape index (κ3) is 4.96. The summed E-state index contributed by atoms with van der Waals surface area (Å²) in [5.41, 5.74) is 1.99. The zero-order valence-corrected chi connectivity index (χ0v) is 17.0. The van der Waals surface area contributed by atoms with Crippen LogP contribution in [0.5, 0.6) is 0 Å². The zero-order valence-electron chi connectivity index (χ0n) is 16.2. The monoisotopic (exact) mass is 421 g/mol. The highest BCUT2D eigenvalue weighted by atomic mass is 35.5. The van der Waals surface area contributed by atoms with Crippen LogP contribution in [0, 0.1) is 0 Å². The van der Waals surface area contributed by atoms with E-state index in [1.165, 1.54) is 6.26 Å². The molecule has 2 heterocycles. The highest BCUT2D eigenvalue weighted by Gasteiger charge is 2.19. The van der Waals surface area contributed by atoms with Crippen LogP contribution in [-0.2, 0) is 12.8 Å². The molecule has 0 radical (unpaired) electrons. The number of benzene rings is 2. The molecule has 30 heavy (non-hydrogen) atoms. The molecule has 4 aromatic rings. The normalized spacial score (nSPS) is 10.8. The number of halogens is 1. The first-order valence-corrected chi connectivity index (χ1v) is 10.0. The van der Waals surface area contributed by atoms with Gasteiger partial charge in [0.05, 0.1) is 6.26 Å². The SMILES string of the molecule is O=C(c1ccco1)N(CCc1ccccc1)CCc1nc(-c2ccc(Cl)cc2)no1. The molecule has 0 N–H and O–H groups in total. The van der Waals surface area contributed by atoms with Crippen molar-refractivity contribution in [3.8, 4) is 11.4 Å². The molecule has 0 spiro atoms. The molecule has 1 amide bonds. The largest absolute Gasteiger partial charge is 0.459 e. The second-order valence-electron chi connectivity index (χ2n) is 6.77. The Morgan fingerprint density at radius 1 is 0.933 bits per heavy atom. The molecular weight excluding hydrogens is 402 g/mol. The van der Waals surface area contributed by atoms with E-state index < -0.39 is 0 Å². The van der Waals surface area contributed by atoms with Gasteiger partial charge in [0.25, 0.3) is 5.91 Å². The highest BCUT2D eigenvalue weighted by molar-refractivity contribution is 6.30. The maximum atomic E-state index is 12.9. The number of nitrogens with zero attached hydrogens (tertiary/aromatic N) is 3. The van der Waals surface area contributed by atoms with Gasteiger partial charge in [0.1, 0.15) is 0 Å². The van der Waals surface area contributed by atoms with E-state index in [-0.39, 0.29) is 5.91 Å². The number of amides is 1. The van der Waals surface area contributed by atoms with Crippen LogP contribution in [-0.4, -0.2) is 34.0 Å². The van der Waals surface area contributed by atoms with E-state index in [1.54, 1.807) is 29.2 Å². The van der Waals surface area contributed by atoms with Gasteiger partial charge >= 0.3 is 0 Å². The third-order valence-corrected chi connectivity index (χ3v) is 4.95. The van der Waals surface area contributed by atoms with E-state index in [2.05, 4.69) is 10.1 Å². The van der Waals surface area contributed by atoms with E-state index >= 15 is 0 Å². The standard InChI is InChI=1S/C23H20ClN3O3/c24-19-10-8-18(9-11-19)22-25-21(30-26-22)13-15-27(23(28)20-7-4-16-29-20)14-12-17-5-2-1-3-6-17/h1-11,16H,12-15H2. The van der Waals surface area contributed by atoms with Crippen LogP contribution in [0.3, 0.4) is 0 Å². The van der Waals surface area contributed by atoms with Gasteiger partial charge in [-0.15, -0.1) is 0 Å². The number of rotatable bonds is 8. The number of hydrogen-bond acceptors (Lipinski definition) is 5. The van der Waals surface area contributed by atoms with Crippen LogP contribution in [0.2, 0.25) is 5.02 Å². The predicted octanol–water partition coefficient (Wildman–Crippen LogP) is 4.91. The summed E-state index contributed by atoms with van der Waals surface area (Å²) in [5, 5.41) is 4.68. The van der Waals surface area contributed by atoms with Crippen molar-refractivity contribution in [2.45, 2.75) is 12.8 Å². The summed E-state index contributed by atoms with van der Waals surface area (Å²) in [7, 11) is 0. The zero-order chi connectivity index (χ0) is 20.8. The molecule has 6 nitrogen and oxygen atoms in total. The molecule has 2 aromatic heterocycles. The molecular formula is C23H20ClN3O3. The van der Waals surface area contributed by atoms with Crippen LogP contribution < -0.4 is 0 Å². The Labute approximate surface area is 179 Å². The molecule has 0 unspecified atom stereocenters. The van der Waals surface area contributed by atoms with Crippen molar-refractivity contribution in [3.63, 3.8) is 0 Å². The van der Waals surface area contributed by atoms with Gasteiger partial charge in [-0.05, 0) is 48.4 Å². The van der Waals surface area contributed by atoms with E-state index in [1.807, 2.05) is 42.5 Å². The van der Waals surface area contributed by atoms with Crippen LogP contribution >= 0.6 is 11.6 Å². The average molecular weight is 422 g/mol. The van der Waals surface area contributed by atoms with Crippen molar-refractivity contribution in [2.24, 2.45) is 0 Å². The van der Waals surface area contributed by atoms with Crippen LogP contribution in [0.1, 0.15) is 22.0 Å². The molecule has 0 fully saturated rings. The molecule has 0 atom stereocenters. The van der Waals surface area contributed by atoms with Crippen LogP contribution in [0.15, 0.2) is 81.9 Å². The van der Waals surface area contributed by atoms with Crippen molar-refractivity contribution in [1.82, 2.24) is 15.0 Å². The molecule has 7 heteroatoms. The molecule has 2 aromatic carbocycles. The first-order valence-electron chi connectivity index (χ1n) is 9.64. The van der Waals surface area contributed by atoms with E-state index in [0.29, 0.717) is 42.0 Å². The molecule has 0 aliphatic heterocycles. The minimum atomic E-state index is -0.159. The molecule has 152 valence electrons. The first-order chi connectivity index (χ1) is 14.7.